The number of anilines is 1. The number of hydrogen-bond acceptors (Lipinski definition) is 4. The maximum absolute atomic E-state index is 13.2. The standard InChI is InChI=1S/C13H10ClFN2O2S2/c14-12-5-6-13(20-12)21(18,19)17-11-4-3-10(15)8-9(11)2-1-7-16/h3-6,8,17H,7,16H2. The van der Waals surface area contributed by atoms with Crippen molar-refractivity contribution < 1.29 is 12.8 Å². The van der Waals surface area contributed by atoms with E-state index in [1.54, 1.807) is 0 Å². The van der Waals surface area contributed by atoms with Crippen molar-refractivity contribution in [3.63, 3.8) is 0 Å². The zero-order valence-corrected chi connectivity index (χ0v) is 12.9. The lowest BCUT2D eigenvalue weighted by molar-refractivity contribution is 0.603. The van der Waals surface area contributed by atoms with Crippen LogP contribution < -0.4 is 10.5 Å². The molecule has 3 N–H and O–H groups in total. The van der Waals surface area contributed by atoms with Gasteiger partial charge in [0.25, 0.3) is 10.0 Å². The Bertz CT molecular complexity index is 822. The van der Waals surface area contributed by atoms with Gasteiger partial charge in [-0.05, 0) is 30.3 Å². The third-order valence-electron chi connectivity index (χ3n) is 2.36. The van der Waals surface area contributed by atoms with Crippen LogP contribution in [0, 0.1) is 17.7 Å². The maximum Gasteiger partial charge on any atom is 0.271 e. The summed E-state index contributed by atoms with van der Waals surface area (Å²) in [6, 6.07) is 6.47. The second-order valence-corrected chi connectivity index (χ2v) is 7.48. The molecule has 0 saturated heterocycles. The van der Waals surface area contributed by atoms with E-state index in [1.165, 1.54) is 18.2 Å². The maximum atomic E-state index is 13.2. The van der Waals surface area contributed by atoms with Gasteiger partial charge in [0.2, 0.25) is 0 Å². The van der Waals surface area contributed by atoms with Crippen molar-refractivity contribution in [3.8, 4) is 11.8 Å². The van der Waals surface area contributed by atoms with Crippen LogP contribution in [0.2, 0.25) is 4.34 Å². The van der Waals surface area contributed by atoms with Gasteiger partial charge in [-0.2, -0.15) is 0 Å². The van der Waals surface area contributed by atoms with Crippen molar-refractivity contribution >= 4 is 38.6 Å². The van der Waals surface area contributed by atoms with Crippen LogP contribution in [-0.4, -0.2) is 15.0 Å². The van der Waals surface area contributed by atoms with Crippen molar-refractivity contribution in [2.75, 3.05) is 11.3 Å². The Morgan fingerprint density at radius 1 is 1.33 bits per heavy atom. The molecule has 2 rings (SSSR count). The second-order valence-electron chi connectivity index (χ2n) is 3.86. The highest BCUT2D eigenvalue weighted by molar-refractivity contribution is 7.94. The van der Waals surface area contributed by atoms with E-state index in [2.05, 4.69) is 16.6 Å². The second kappa shape index (κ2) is 6.45. The van der Waals surface area contributed by atoms with Crippen LogP contribution in [0.25, 0.3) is 0 Å². The predicted octanol–water partition coefficient (Wildman–Crippen LogP) is 2.65. The molecule has 4 nitrogen and oxygen atoms in total. The van der Waals surface area contributed by atoms with E-state index in [0.29, 0.717) is 4.34 Å². The monoisotopic (exact) mass is 344 g/mol. The summed E-state index contributed by atoms with van der Waals surface area (Å²) in [4.78, 5) is 0. The van der Waals surface area contributed by atoms with Gasteiger partial charge in [-0.3, -0.25) is 4.72 Å². The number of halogens is 2. The average Bonchev–Trinajstić information content (AvgIpc) is 2.86. The summed E-state index contributed by atoms with van der Waals surface area (Å²) in [6.45, 7) is 0.0865. The molecule has 2 aromatic rings. The molecule has 0 aliphatic heterocycles. The Hall–Kier alpha value is -1.59. The molecule has 1 aromatic heterocycles. The minimum atomic E-state index is -3.79. The molecular formula is C13H10ClFN2O2S2. The number of thiophene rings is 1. The fourth-order valence-electron chi connectivity index (χ4n) is 1.49. The molecule has 0 unspecified atom stereocenters. The third-order valence-corrected chi connectivity index (χ3v) is 5.45. The number of sulfonamides is 1. The summed E-state index contributed by atoms with van der Waals surface area (Å²) in [6.07, 6.45) is 0. The molecule has 110 valence electrons. The molecule has 1 heterocycles. The molecule has 0 saturated carbocycles. The van der Waals surface area contributed by atoms with Crippen molar-refractivity contribution in [2.24, 2.45) is 5.73 Å². The Labute approximate surface area is 130 Å². The Kier molecular flexibility index (Phi) is 4.85. The van der Waals surface area contributed by atoms with Gasteiger partial charge in [-0.25, -0.2) is 12.8 Å². The highest BCUT2D eigenvalue weighted by Crippen LogP contribution is 2.28. The van der Waals surface area contributed by atoms with E-state index in [1.807, 2.05) is 0 Å². The molecule has 0 bridgehead atoms. The van der Waals surface area contributed by atoms with Crippen LogP contribution in [0.1, 0.15) is 5.56 Å². The van der Waals surface area contributed by atoms with E-state index in [9.17, 15) is 12.8 Å². The predicted molar refractivity (Wildman–Crippen MR) is 82.5 cm³/mol. The molecular weight excluding hydrogens is 335 g/mol. The Morgan fingerprint density at radius 3 is 2.71 bits per heavy atom. The number of hydrogen-bond donors (Lipinski definition) is 2. The number of rotatable bonds is 3. The lowest BCUT2D eigenvalue weighted by Gasteiger charge is -2.08. The zero-order valence-electron chi connectivity index (χ0n) is 10.6. The van der Waals surface area contributed by atoms with Gasteiger partial charge in [0.05, 0.1) is 22.1 Å². The van der Waals surface area contributed by atoms with E-state index in [4.69, 9.17) is 17.3 Å². The molecule has 8 heteroatoms. The van der Waals surface area contributed by atoms with Crippen molar-refractivity contribution in [1.29, 1.82) is 0 Å². The number of nitrogens with one attached hydrogen (secondary N) is 1. The molecule has 1 aromatic carbocycles. The van der Waals surface area contributed by atoms with E-state index in [-0.39, 0.29) is 22.0 Å². The van der Waals surface area contributed by atoms with Crippen molar-refractivity contribution in [2.45, 2.75) is 4.21 Å². The number of nitrogens with two attached hydrogens (primary N) is 1. The van der Waals surface area contributed by atoms with Gasteiger partial charge in [-0.1, -0.05) is 23.4 Å². The molecule has 0 spiro atoms. The van der Waals surface area contributed by atoms with E-state index in [0.717, 1.165) is 23.5 Å². The largest absolute Gasteiger partial charge is 0.320 e. The molecule has 0 aliphatic rings. The van der Waals surface area contributed by atoms with Crippen LogP contribution in [0.4, 0.5) is 10.1 Å². The third kappa shape index (κ3) is 3.95. The number of benzene rings is 1. The summed E-state index contributed by atoms with van der Waals surface area (Å²) < 4.78 is 40.4. The van der Waals surface area contributed by atoms with Crippen LogP contribution in [-0.2, 0) is 10.0 Å². The summed E-state index contributed by atoms with van der Waals surface area (Å²) in [5.74, 6) is 4.67. The van der Waals surface area contributed by atoms with Crippen LogP contribution in [0.15, 0.2) is 34.5 Å². The fraction of sp³-hybridized carbons (Fsp3) is 0.0769. The summed E-state index contributed by atoms with van der Waals surface area (Å²) in [5, 5.41) is 0. The first-order valence-electron chi connectivity index (χ1n) is 5.69. The van der Waals surface area contributed by atoms with Crippen molar-refractivity contribution in [3.05, 3.63) is 46.0 Å². The molecule has 0 atom stereocenters. The van der Waals surface area contributed by atoms with Crippen LogP contribution in [0.5, 0.6) is 0 Å². The minimum Gasteiger partial charge on any atom is -0.320 e. The smallest absolute Gasteiger partial charge is 0.271 e. The highest BCUT2D eigenvalue weighted by atomic mass is 35.5. The highest BCUT2D eigenvalue weighted by Gasteiger charge is 2.18. The Balaban J connectivity index is 2.39. The summed E-state index contributed by atoms with van der Waals surface area (Å²) in [5.41, 5.74) is 5.66. The normalized spacial score (nSPS) is 10.8. The van der Waals surface area contributed by atoms with Crippen LogP contribution in [0.3, 0.4) is 0 Å². The van der Waals surface area contributed by atoms with Crippen molar-refractivity contribution in [1.82, 2.24) is 0 Å². The minimum absolute atomic E-state index is 0.0644. The van der Waals surface area contributed by atoms with Gasteiger partial charge < -0.3 is 5.73 Å². The van der Waals surface area contributed by atoms with Gasteiger partial charge in [0, 0.05) is 0 Å². The lowest BCUT2D eigenvalue weighted by atomic mass is 10.2. The average molecular weight is 345 g/mol. The first-order valence-corrected chi connectivity index (χ1v) is 8.37. The van der Waals surface area contributed by atoms with E-state index < -0.39 is 15.8 Å². The molecule has 0 fully saturated rings. The summed E-state index contributed by atoms with van der Waals surface area (Å²) >= 11 is 6.66. The quantitative estimate of drug-likeness (QED) is 0.841. The first-order chi connectivity index (χ1) is 9.92. The fourth-order valence-corrected chi connectivity index (χ4v) is 4.05. The van der Waals surface area contributed by atoms with Gasteiger partial charge in [0.15, 0.2) is 0 Å². The zero-order chi connectivity index (χ0) is 15.5. The first kappa shape index (κ1) is 15.8. The molecule has 0 aliphatic carbocycles. The van der Waals surface area contributed by atoms with Gasteiger partial charge in [-0.15, -0.1) is 11.3 Å². The SMILES string of the molecule is NCC#Cc1cc(F)ccc1NS(=O)(=O)c1ccc(Cl)s1. The van der Waals surface area contributed by atoms with Crippen LogP contribution >= 0.6 is 22.9 Å². The lowest BCUT2D eigenvalue weighted by Crippen LogP contribution is -2.12. The molecule has 21 heavy (non-hydrogen) atoms. The topological polar surface area (TPSA) is 72.2 Å². The molecule has 0 radical (unpaired) electrons. The summed E-state index contributed by atoms with van der Waals surface area (Å²) in [7, 11) is -3.79. The van der Waals surface area contributed by atoms with E-state index >= 15 is 0 Å². The van der Waals surface area contributed by atoms with Gasteiger partial charge in [0.1, 0.15) is 10.0 Å². The van der Waals surface area contributed by atoms with Gasteiger partial charge >= 0.3 is 0 Å². The Morgan fingerprint density at radius 2 is 2.10 bits per heavy atom. The molecule has 0 amide bonds.